The number of nitrogens with one attached hydrogen (secondary N) is 1. The Bertz CT molecular complexity index is 264. The summed E-state index contributed by atoms with van der Waals surface area (Å²) in [5, 5.41) is 13.1. The molecule has 0 bridgehead atoms. The van der Waals surface area contributed by atoms with Gasteiger partial charge in [0.05, 0.1) is 6.10 Å². The fraction of sp³-hybridized carbons (Fsp3) is 0.571. The van der Waals surface area contributed by atoms with Crippen LogP contribution in [0.2, 0.25) is 0 Å². The van der Waals surface area contributed by atoms with Gasteiger partial charge in [-0.25, -0.2) is 0 Å². The van der Waals surface area contributed by atoms with E-state index in [1.807, 2.05) is 44.2 Å². The third kappa shape index (κ3) is 6.59. The first-order chi connectivity index (χ1) is 7.49. The zero-order valence-corrected chi connectivity index (χ0v) is 11.1. The minimum Gasteiger partial charge on any atom is -0.387 e. The molecule has 0 aliphatic rings. The van der Waals surface area contributed by atoms with E-state index in [2.05, 4.69) is 26.1 Å². The van der Waals surface area contributed by atoms with E-state index in [4.69, 9.17) is 0 Å². The quantitative estimate of drug-likeness (QED) is 0.825. The molecule has 0 radical (unpaired) electrons. The molecule has 1 aromatic carbocycles. The number of rotatable bonds is 3. The summed E-state index contributed by atoms with van der Waals surface area (Å²) in [5.74, 6) is 0. The Morgan fingerprint density at radius 2 is 1.62 bits per heavy atom. The van der Waals surface area contributed by atoms with Crippen LogP contribution in [0.4, 0.5) is 0 Å². The highest BCUT2D eigenvalue weighted by Gasteiger charge is 2.12. The molecule has 2 nitrogen and oxygen atoms in total. The zero-order chi connectivity index (χ0) is 12.6. The first-order valence-electron chi connectivity index (χ1n) is 5.97. The zero-order valence-electron chi connectivity index (χ0n) is 11.1. The second-order valence-corrected chi connectivity index (χ2v) is 4.56. The van der Waals surface area contributed by atoms with E-state index in [1.165, 1.54) is 0 Å². The predicted molar refractivity (Wildman–Crippen MR) is 70.5 cm³/mol. The van der Waals surface area contributed by atoms with Crippen molar-refractivity contribution in [1.29, 1.82) is 0 Å². The molecule has 0 aromatic heterocycles. The van der Waals surface area contributed by atoms with Crippen LogP contribution in [0.25, 0.3) is 0 Å². The molecular weight excluding hydrogens is 198 g/mol. The molecule has 0 saturated heterocycles. The predicted octanol–water partition coefficient (Wildman–Crippen LogP) is 3.13. The molecule has 2 N–H and O–H groups in total. The highest BCUT2D eigenvalue weighted by molar-refractivity contribution is 5.17. The van der Waals surface area contributed by atoms with Crippen molar-refractivity contribution in [3.8, 4) is 0 Å². The van der Waals surface area contributed by atoms with Crippen LogP contribution in [0.3, 0.4) is 0 Å². The molecule has 0 amide bonds. The fourth-order valence-corrected chi connectivity index (χ4v) is 1.20. The summed E-state index contributed by atoms with van der Waals surface area (Å²) in [6, 6.07) is 9.71. The highest BCUT2D eigenvalue weighted by atomic mass is 16.3. The van der Waals surface area contributed by atoms with Gasteiger partial charge in [-0.3, -0.25) is 0 Å². The molecule has 0 fully saturated rings. The maximum absolute atomic E-state index is 9.82. The summed E-state index contributed by atoms with van der Waals surface area (Å²) in [7, 11) is 0. The summed E-state index contributed by atoms with van der Waals surface area (Å²) < 4.78 is 0. The summed E-state index contributed by atoms with van der Waals surface area (Å²) >= 11 is 0. The number of benzene rings is 1. The highest BCUT2D eigenvalue weighted by Crippen LogP contribution is 2.12. The van der Waals surface area contributed by atoms with Crippen LogP contribution in [0.5, 0.6) is 0 Å². The van der Waals surface area contributed by atoms with Gasteiger partial charge in [-0.1, -0.05) is 44.2 Å². The van der Waals surface area contributed by atoms with Gasteiger partial charge in [0.25, 0.3) is 0 Å². The van der Waals surface area contributed by atoms with Gasteiger partial charge in [-0.05, 0) is 26.3 Å². The van der Waals surface area contributed by atoms with Gasteiger partial charge >= 0.3 is 0 Å². The number of β-amino-alcohol motifs (C(OH)–C–C–N with tert-alkyl or cyclic N) is 1. The van der Waals surface area contributed by atoms with E-state index in [-0.39, 0.29) is 5.54 Å². The Kier molecular flexibility index (Phi) is 7.02. The monoisotopic (exact) mass is 223 g/mol. The molecule has 92 valence electrons. The number of aliphatic hydroxyl groups is 1. The van der Waals surface area contributed by atoms with Gasteiger partial charge in [0.2, 0.25) is 0 Å². The molecule has 0 saturated carbocycles. The van der Waals surface area contributed by atoms with Crippen LogP contribution in [0.1, 0.15) is 46.3 Å². The maximum atomic E-state index is 9.82. The van der Waals surface area contributed by atoms with Crippen molar-refractivity contribution in [2.45, 2.75) is 46.3 Å². The molecule has 1 aromatic rings. The van der Waals surface area contributed by atoms with Gasteiger partial charge in [-0.15, -0.1) is 0 Å². The van der Waals surface area contributed by atoms with Gasteiger partial charge in [0.1, 0.15) is 0 Å². The second-order valence-electron chi connectivity index (χ2n) is 4.56. The lowest BCUT2D eigenvalue weighted by Crippen LogP contribution is -2.38. The van der Waals surface area contributed by atoms with Crippen molar-refractivity contribution in [1.82, 2.24) is 5.32 Å². The van der Waals surface area contributed by atoms with Crippen molar-refractivity contribution in [3.63, 3.8) is 0 Å². The van der Waals surface area contributed by atoms with Crippen LogP contribution in [0.15, 0.2) is 30.3 Å². The number of hydrogen-bond donors (Lipinski definition) is 2. The minimum atomic E-state index is -0.421. The van der Waals surface area contributed by atoms with E-state index in [1.54, 1.807) is 0 Å². The summed E-state index contributed by atoms with van der Waals surface area (Å²) in [5.41, 5.74) is 1.01. The van der Waals surface area contributed by atoms with Crippen LogP contribution in [0, 0.1) is 0 Å². The Morgan fingerprint density at radius 1 is 1.12 bits per heavy atom. The Balaban J connectivity index is 0.00000106. The molecule has 0 unspecified atom stereocenters. The first-order valence-corrected chi connectivity index (χ1v) is 5.97. The average molecular weight is 223 g/mol. The molecule has 2 heteroatoms. The minimum absolute atomic E-state index is 0.0513. The summed E-state index contributed by atoms with van der Waals surface area (Å²) in [6.45, 7) is 10.9. The maximum Gasteiger partial charge on any atom is 0.0914 e. The smallest absolute Gasteiger partial charge is 0.0914 e. The summed E-state index contributed by atoms with van der Waals surface area (Å²) in [6.07, 6.45) is -0.421. The SMILES string of the molecule is CC.CC(C)(C)NC[C@H](O)c1ccccc1. The van der Waals surface area contributed by atoms with Crippen LogP contribution < -0.4 is 5.32 Å². The van der Waals surface area contributed by atoms with E-state index in [0.717, 1.165) is 5.56 Å². The average Bonchev–Trinajstić information content (AvgIpc) is 2.29. The number of hydrogen-bond acceptors (Lipinski definition) is 2. The third-order valence-electron chi connectivity index (χ3n) is 2.01. The molecule has 0 heterocycles. The van der Waals surface area contributed by atoms with Gasteiger partial charge in [-0.2, -0.15) is 0 Å². The lowest BCUT2D eigenvalue weighted by molar-refractivity contribution is 0.163. The van der Waals surface area contributed by atoms with E-state index in [0.29, 0.717) is 6.54 Å². The van der Waals surface area contributed by atoms with Gasteiger partial charge < -0.3 is 10.4 Å². The topological polar surface area (TPSA) is 32.3 Å². The van der Waals surface area contributed by atoms with Crippen molar-refractivity contribution >= 4 is 0 Å². The van der Waals surface area contributed by atoms with Crippen molar-refractivity contribution in [3.05, 3.63) is 35.9 Å². The largest absolute Gasteiger partial charge is 0.387 e. The Morgan fingerprint density at radius 3 is 2.06 bits per heavy atom. The lowest BCUT2D eigenvalue weighted by Gasteiger charge is -2.23. The van der Waals surface area contributed by atoms with Crippen LogP contribution >= 0.6 is 0 Å². The van der Waals surface area contributed by atoms with Crippen molar-refractivity contribution < 1.29 is 5.11 Å². The molecule has 1 rings (SSSR count). The molecule has 1 atom stereocenters. The Hall–Kier alpha value is -0.860. The molecule has 0 spiro atoms. The van der Waals surface area contributed by atoms with Crippen LogP contribution in [-0.2, 0) is 0 Å². The van der Waals surface area contributed by atoms with E-state index < -0.39 is 6.10 Å². The standard InChI is InChI=1S/C12H19NO.C2H6/c1-12(2,3)13-9-11(14)10-7-5-4-6-8-10;1-2/h4-8,11,13-14H,9H2,1-3H3;1-2H3/t11-;/m0./s1. The fourth-order valence-electron chi connectivity index (χ4n) is 1.20. The van der Waals surface area contributed by atoms with Gasteiger partial charge in [0.15, 0.2) is 0 Å². The Labute approximate surface area is 99.7 Å². The second kappa shape index (κ2) is 7.42. The van der Waals surface area contributed by atoms with Crippen molar-refractivity contribution in [2.75, 3.05) is 6.54 Å². The first kappa shape index (κ1) is 15.1. The third-order valence-corrected chi connectivity index (χ3v) is 2.01. The number of aliphatic hydroxyl groups excluding tert-OH is 1. The van der Waals surface area contributed by atoms with Gasteiger partial charge in [0, 0.05) is 12.1 Å². The molecule has 0 aliphatic carbocycles. The normalized spacial score (nSPS) is 12.6. The molecule has 16 heavy (non-hydrogen) atoms. The van der Waals surface area contributed by atoms with E-state index >= 15 is 0 Å². The van der Waals surface area contributed by atoms with Crippen molar-refractivity contribution in [2.24, 2.45) is 0 Å². The molecule has 0 aliphatic heterocycles. The molecular formula is C14H25NO. The summed E-state index contributed by atoms with van der Waals surface area (Å²) in [4.78, 5) is 0. The van der Waals surface area contributed by atoms with Crippen LogP contribution in [-0.4, -0.2) is 17.2 Å². The van der Waals surface area contributed by atoms with E-state index in [9.17, 15) is 5.11 Å². The lowest BCUT2D eigenvalue weighted by atomic mass is 10.1.